The molecule has 1 heterocycles. The zero-order valence-electron chi connectivity index (χ0n) is 8.86. The molecule has 4 nitrogen and oxygen atoms in total. The van der Waals surface area contributed by atoms with E-state index in [-0.39, 0.29) is 50.7 Å². The van der Waals surface area contributed by atoms with Crippen LogP contribution in [-0.4, -0.2) is 10.5 Å². The third-order valence-corrected chi connectivity index (χ3v) is 1.90. The summed E-state index contributed by atoms with van der Waals surface area (Å²) < 4.78 is 1.24. The summed E-state index contributed by atoms with van der Waals surface area (Å²) in [5, 5.41) is 0. The first-order chi connectivity index (χ1) is 6.50. The van der Waals surface area contributed by atoms with Crippen LogP contribution in [0.4, 0.5) is 0 Å². The van der Waals surface area contributed by atoms with Crippen LogP contribution < -0.4 is 11.3 Å². The van der Waals surface area contributed by atoms with E-state index >= 15 is 0 Å². The molecule has 0 saturated heterocycles. The molecule has 0 unspecified atom stereocenters. The number of hydrogen-bond acceptors (Lipinski definition) is 2. The molecule has 0 fully saturated rings. The molecule has 0 atom stereocenters. The van der Waals surface area contributed by atoms with Crippen LogP contribution in [0.5, 0.6) is 0 Å². The molecule has 2 N–H and O–H groups in total. The number of nitrogens with two attached hydrogens (primary N) is 1. The van der Waals surface area contributed by atoms with Gasteiger partial charge in [-0.3, -0.25) is 9.59 Å². The quantitative estimate of drug-likeness (QED) is 0.808. The van der Waals surface area contributed by atoms with E-state index in [4.69, 9.17) is 5.73 Å². The first-order valence-electron chi connectivity index (χ1n) is 4.41. The van der Waals surface area contributed by atoms with Gasteiger partial charge in [0.2, 0.25) is 5.91 Å². The van der Waals surface area contributed by atoms with Gasteiger partial charge < -0.3 is 10.3 Å². The van der Waals surface area contributed by atoms with Gasteiger partial charge >= 0.3 is 0 Å². The minimum Gasteiger partial charge on any atom is -0.368 e. The standard InChI is InChI=1S/C10H13N2O2.Y/c1-7(2)8-3-4-12(6-9(11)13)10(14)5-8;/h4-5,7H,6H2,1-2H3,(H2,11,13);/q-1;. The van der Waals surface area contributed by atoms with E-state index in [2.05, 4.69) is 6.07 Å². The summed E-state index contributed by atoms with van der Waals surface area (Å²) in [7, 11) is 0. The van der Waals surface area contributed by atoms with Crippen molar-refractivity contribution in [3.8, 4) is 0 Å². The topological polar surface area (TPSA) is 65.1 Å². The summed E-state index contributed by atoms with van der Waals surface area (Å²) in [6.45, 7) is 3.86. The third-order valence-electron chi connectivity index (χ3n) is 1.90. The molecule has 15 heavy (non-hydrogen) atoms. The number of rotatable bonds is 3. The SMILES string of the molecule is CC(C)c1[c-]cn(CC(N)=O)c(=O)c1.[Y]. The Morgan fingerprint density at radius 3 is 2.60 bits per heavy atom. The number of amides is 1. The van der Waals surface area contributed by atoms with Gasteiger partial charge in [-0.1, -0.05) is 26.0 Å². The van der Waals surface area contributed by atoms with E-state index in [0.29, 0.717) is 0 Å². The van der Waals surface area contributed by atoms with Crippen LogP contribution in [0.1, 0.15) is 25.3 Å². The first-order valence-corrected chi connectivity index (χ1v) is 4.41. The fraction of sp³-hybridized carbons (Fsp3) is 0.400. The maximum atomic E-state index is 11.4. The second kappa shape index (κ2) is 6.18. The number of pyridine rings is 1. The Bertz CT molecular complexity index is 399. The van der Waals surface area contributed by atoms with E-state index in [0.717, 1.165) is 5.56 Å². The predicted molar refractivity (Wildman–Crippen MR) is 52.8 cm³/mol. The average Bonchev–Trinajstić information content (AvgIpc) is 2.07. The van der Waals surface area contributed by atoms with E-state index in [1.807, 2.05) is 13.8 Å². The third kappa shape index (κ3) is 4.26. The van der Waals surface area contributed by atoms with Gasteiger partial charge in [0.05, 0.1) is 0 Å². The minimum atomic E-state index is -0.530. The number of primary amides is 1. The van der Waals surface area contributed by atoms with Gasteiger partial charge in [-0.05, 0) is 0 Å². The van der Waals surface area contributed by atoms with Crippen LogP contribution >= 0.6 is 0 Å². The van der Waals surface area contributed by atoms with E-state index < -0.39 is 5.91 Å². The largest absolute Gasteiger partial charge is 0.368 e. The van der Waals surface area contributed by atoms with E-state index in [1.165, 1.54) is 16.8 Å². The van der Waals surface area contributed by atoms with Crippen LogP contribution in [0.3, 0.4) is 0 Å². The Kier molecular flexibility index (Phi) is 5.99. The molecule has 1 aromatic rings. The molecule has 0 spiro atoms. The smallest absolute Gasteiger partial charge is 0.237 e. The van der Waals surface area contributed by atoms with Gasteiger partial charge in [-0.15, -0.1) is 6.07 Å². The molecule has 0 aliphatic rings. The number of hydrogen-bond donors (Lipinski definition) is 1. The van der Waals surface area contributed by atoms with Crippen LogP contribution in [0.25, 0.3) is 0 Å². The van der Waals surface area contributed by atoms with Crippen molar-refractivity contribution in [1.82, 2.24) is 4.57 Å². The van der Waals surface area contributed by atoms with Crippen LogP contribution in [-0.2, 0) is 44.0 Å². The summed E-state index contributed by atoms with van der Waals surface area (Å²) >= 11 is 0. The molecule has 1 amide bonds. The molecule has 1 aromatic heterocycles. The number of carbonyl (C=O) groups is 1. The Balaban J connectivity index is 0.00000196. The molecule has 0 saturated carbocycles. The normalized spacial score (nSPS) is 9.80. The van der Waals surface area contributed by atoms with Crippen molar-refractivity contribution < 1.29 is 37.5 Å². The first kappa shape index (κ1) is 14.5. The van der Waals surface area contributed by atoms with Crippen molar-refractivity contribution >= 4 is 5.91 Å². The van der Waals surface area contributed by atoms with Crippen molar-refractivity contribution in [1.29, 1.82) is 0 Å². The summed E-state index contributed by atoms with van der Waals surface area (Å²) in [4.78, 5) is 22.0. The van der Waals surface area contributed by atoms with Crippen molar-refractivity contribution in [2.45, 2.75) is 26.3 Å². The Labute approximate surface area is 114 Å². The maximum Gasteiger partial charge on any atom is 0.237 e. The second-order valence-corrected chi connectivity index (χ2v) is 3.46. The number of carbonyl (C=O) groups excluding carboxylic acids is 1. The Morgan fingerprint density at radius 1 is 1.60 bits per heavy atom. The molecule has 0 bridgehead atoms. The molecule has 5 heteroatoms. The second-order valence-electron chi connectivity index (χ2n) is 3.46. The molecule has 0 aliphatic heterocycles. The Morgan fingerprint density at radius 2 is 2.20 bits per heavy atom. The monoisotopic (exact) mass is 282 g/mol. The van der Waals surface area contributed by atoms with Crippen molar-refractivity contribution in [2.75, 3.05) is 0 Å². The van der Waals surface area contributed by atoms with E-state index in [1.54, 1.807) is 0 Å². The van der Waals surface area contributed by atoms with Crippen molar-refractivity contribution in [3.05, 3.63) is 34.2 Å². The van der Waals surface area contributed by atoms with E-state index in [9.17, 15) is 9.59 Å². The minimum absolute atomic E-state index is 0. The molecule has 1 radical (unpaired) electrons. The Hall–Kier alpha value is -0.476. The summed E-state index contributed by atoms with van der Waals surface area (Å²) in [6.07, 6.45) is 1.47. The van der Waals surface area contributed by atoms with Gasteiger partial charge in [-0.25, -0.2) is 11.6 Å². The summed E-state index contributed by atoms with van der Waals surface area (Å²) in [5.41, 5.74) is 5.61. The fourth-order valence-corrected chi connectivity index (χ4v) is 1.10. The van der Waals surface area contributed by atoms with Crippen molar-refractivity contribution in [3.63, 3.8) is 0 Å². The van der Waals surface area contributed by atoms with Gasteiger partial charge in [0.15, 0.2) is 5.56 Å². The molecule has 0 aliphatic carbocycles. The molecule has 79 valence electrons. The molecular formula is C10H13N2O2Y-. The molecule has 1 rings (SSSR count). The maximum absolute atomic E-state index is 11.4. The van der Waals surface area contributed by atoms with Crippen molar-refractivity contribution in [2.24, 2.45) is 5.73 Å². The van der Waals surface area contributed by atoms with Gasteiger partial charge in [0.1, 0.15) is 6.54 Å². The fourth-order valence-electron chi connectivity index (χ4n) is 1.10. The number of aromatic nitrogens is 1. The molecular weight excluding hydrogens is 269 g/mol. The zero-order chi connectivity index (χ0) is 10.7. The van der Waals surface area contributed by atoms with Gasteiger partial charge in [-0.2, -0.15) is 0 Å². The number of nitrogens with zero attached hydrogens (tertiary/aromatic N) is 1. The average molecular weight is 282 g/mol. The van der Waals surface area contributed by atoms with Gasteiger partial charge in [0, 0.05) is 32.7 Å². The molecule has 0 aromatic carbocycles. The van der Waals surface area contributed by atoms with Gasteiger partial charge in [0.25, 0.3) is 0 Å². The van der Waals surface area contributed by atoms with Crippen LogP contribution in [0.2, 0.25) is 0 Å². The zero-order valence-corrected chi connectivity index (χ0v) is 11.7. The predicted octanol–water partition coefficient (Wildman–Crippen LogP) is 0.255. The summed E-state index contributed by atoms with van der Waals surface area (Å²) in [6, 6.07) is 4.42. The van der Waals surface area contributed by atoms with Crippen LogP contribution in [0, 0.1) is 6.07 Å². The summed E-state index contributed by atoms with van der Waals surface area (Å²) in [5.74, 6) is -0.274. The van der Waals surface area contributed by atoms with Crippen LogP contribution in [0.15, 0.2) is 17.1 Å².